The topological polar surface area (TPSA) is 66.6 Å². The number of hydrogen-bond donors (Lipinski definition) is 2. The molecule has 11 heteroatoms. The Bertz CT molecular complexity index is 986. The van der Waals surface area contributed by atoms with Gasteiger partial charge >= 0.3 is 6.18 Å². The third-order valence-electron chi connectivity index (χ3n) is 3.93. The van der Waals surface area contributed by atoms with Gasteiger partial charge in [0, 0.05) is 12.7 Å². The number of alkyl halides is 3. The van der Waals surface area contributed by atoms with Gasteiger partial charge in [0.15, 0.2) is 17.4 Å². The minimum absolute atomic E-state index is 0. The standard InChI is InChI=1S/C18H18F4N6.HI/c1-2-23-17(25-11-16-27-26-15-5-3-4-8-28(15)16)24-10-12-6-7-13(19)9-14(12)18(20,21)22;/h3-9H,2,10-11H2,1H3,(H2,23,24,25);1H. The molecule has 0 amide bonds. The van der Waals surface area contributed by atoms with Crippen molar-refractivity contribution in [1.29, 1.82) is 0 Å². The summed E-state index contributed by atoms with van der Waals surface area (Å²) in [6, 6.07) is 8.05. The number of aromatic nitrogens is 3. The van der Waals surface area contributed by atoms with Crippen LogP contribution < -0.4 is 10.6 Å². The third-order valence-corrected chi connectivity index (χ3v) is 3.93. The molecule has 0 fully saturated rings. The maximum absolute atomic E-state index is 13.2. The Morgan fingerprint density at radius 2 is 1.93 bits per heavy atom. The molecule has 0 spiro atoms. The summed E-state index contributed by atoms with van der Waals surface area (Å²) in [5, 5.41) is 14.1. The predicted octanol–water partition coefficient (Wildman–Crippen LogP) is 3.76. The number of nitrogens with one attached hydrogen (secondary N) is 2. The summed E-state index contributed by atoms with van der Waals surface area (Å²) in [5.74, 6) is -0.00429. The van der Waals surface area contributed by atoms with Gasteiger partial charge in [0.25, 0.3) is 0 Å². The van der Waals surface area contributed by atoms with Gasteiger partial charge in [0.1, 0.15) is 5.82 Å². The average molecular weight is 522 g/mol. The Labute approximate surface area is 181 Å². The normalized spacial score (nSPS) is 12.0. The molecule has 29 heavy (non-hydrogen) atoms. The molecule has 2 N–H and O–H groups in total. The van der Waals surface area contributed by atoms with Crippen molar-refractivity contribution >= 4 is 35.6 Å². The number of pyridine rings is 1. The van der Waals surface area contributed by atoms with E-state index < -0.39 is 17.6 Å². The van der Waals surface area contributed by atoms with Crippen molar-refractivity contribution in [2.45, 2.75) is 26.2 Å². The van der Waals surface area contributed by atoms with Crippen LogP contribution >= 0.6 is 24.0 Å². The lowest BCUT2D eigenvalue weighted by Crippen LogP contribution is -2.37. The highest BCUT2D eigenvalue weighted by Crippen LogP contribution is 2.32. The van der Waals surface area contributed by atoms with Crippen LogP contribution in [0.1, 0.15) is 23.9 Å². The lowest BCUT2D eigenvalue weighted by Gasteiger charge is -2.13. The van der Waals surface area contributed by atoms with Crippen molar-refractivity contribution in [2.75, 3.05) is 6.54 Å². The number of nitrogens with zero attached hydrogens (tertiary/aromatic N) is 4. The number of aliphatic imine (C=N–C) groups is 1. The largest absolute Gasteiger partial charge is 0.416 e. The van der Waals surface area contributed by atoms with Crippen molar-refractivity contribution in [3.63, 3.8) is 0 Å². The van der Waals surface area contributed by atoms with Crippen LogP contribution in [-0.4, -0.2) is 27.1 Å². The summed E-state index contributed by atoms with van der Waals surface area (Å²) in [6.07, 6.45) is -2.84. The number of hydrogen-bond acceptors (Lipinski definition) is 3. The summed E-state index contributed by atoms with van der Waals surface area (Å²) in [4.78, 5) is 4.18. The Hall–Kier alpha value is -2.44. The zero-order valence-corrected chi connectivity index (χ0v) is 17.7. The van der Waals surface area contributed by atoms with Crippen molar-refractivity contribution in [3.05, 3.63) is 65.4 Å². The maximum Gasteiger partial charge on any atom is 0.416 e. The van der Waals surface area contributed by atoms with E-state index in [1.165, 1.54) is 0 Å². The maximum atomic E-state index is 13.2. The summed E-state index contributed by atoms with van der Waals surface area (Å²) < 4.78 is 54.4. The summed E-state index contributed by atoms with van der Waals surface area (Å²) in [5.41, 5.74) is -0.461. The number of guanidine groups is 1. The monoisotopic (exact) mass is 522 g/mol. The Morgan fingerprint density at radius 3 is 2.66 bits per heavy atom. The molecule has 0 aliphatic rings. The van der Waals surface area contributed by atoms with Crippen molar-refractivity contribution in [3.8, 4) is 0 Å². The molecule has 0 radical (unpaired) electrons. The molecule has 6 nitrogen and oxygen atoms in total. The van der Waals surface area contributed by atoms with Gasteiger partial charge in [-0.25, -0.2) is 9.38 Å². The van der Waals surface area contributed by atoms with Crippen LogP contribution in [0.25, 0.3) is 5.65 Å². The Kier molecular flexibility index (Phi) is 7.76. The van der Waals surface area contributed by atoms with E-state index in [1.54, 1.807) is 4.40 Å². The molecular weight excluding hydrogens is 503 g/mol. The second-order valence-electron chi connectivity index (χ2n) is 5.89. The van der Waals surface area contributed by atoms with Crippen molar-refractivity contribution in [2.24, 2.45) is 4.99 Å². The van der Waals surface area contributed by atoms with Gasteiger partial charge < -0.3 is 10.6 Å². The summed E-state index contributed by atoms with van der Waals surface area (Å²) >= 11 is 0. The zero-order chi connectivity index (χ0) is 20.1. The molecule has 0 aliphatic heterocycles. The molecule has 3 rings (SSSR count). The van der Waals surface area contributed by atoms with Crippen LogP contribution in [-0.2, 0) is 19.3 Å². The van der Waals surface area contributed by atoms with Gasteiger partial charge in [-0.3, -0.25) is 4.40 Å². The van der Waals surface area contributed by atoms with Crippen LogP contribution in [0, 0.1) is 5.82 Å². The van der Waals surface area contributed by atoms with E-state index in [9.17, 15) is 17.6 Å². The second kappa shape index (κ2) is 9.85. The van der Waals surface area contributed by atoms with Crippen LogP contribution in [0.3, 0.4) is 0 Å². The van der Waals surface area contributed by atoms with E-state index >= 15 is 0 Å². The van der Waals surface area contributed by atoms with E-state index in [4.69, 9.17) is 0 Å². The first-order valence-corrected chi connectivity index (χ1v) is 8.55. The summed E-state index contributed by atoms with van der Waals surface area (Å²) in [6.45, 7) is 2.36. The van der Waals surface area contributed by atoms with Gasteiger partial charge in [0.05, 0.1) is 18.7 Å². The van der Waals surface area contributed by atoms with E-state index in [0.29, 0.717) is 30.0 Å². The first-order valence-electron chi connectivity index (χ1n) is 8.55. The molecule has 156 valence electrons. The molecule has 0 aliphatic carbocycles. The SMILES string of the molecule is CCNC(=NCc1ccc(F)cc1C(F)(F)F)NCc1nnc2ccccn12.I. The van der Waals surface area contributed by atoms with Crippen LogP contribution in [0.5, 0.6) is 0 Å². The van der Waals surface area contributed by atoms with Gasteiger partial charge in [-0.15, -0.1) is 34.2 Å². The first-order chi connectivity index (χ1) is 13.4. The van der Waals surface area contributed by atoms with Crippen LogP contribution in [0.15, 0.2) is 47.6 Å². The highest BCUT2D eigenvalue weighted by atomic mass is 127. The Morgan fingerprint density at radius 1 is 1.14 bits per heavy atom. The predicted molar refractivity (Wildman–Crippen MR) is 111 cm³/mol. The number of fused-ring (bicyclic) bond motifs is 1. The fourth-order valence-electron chi connectivity index (χ4n) is 2.63. The zero-order valence-electron chi connectivity index (χ0n) is 15.4. The molecule has 0 unspecified atom stereocenters. The number of halogens is 5. The molecule has 2 heterocycles. The molecule has 3 aromatic rings. The van der Waals surface area contributed by atoms with Crippen LogP contribution in [0.2, 0.25) is 0 Å². The molecule has 2 aromatic heterocycles. The van der Waals surface area contributed by atoms with E-state index in [-0.39, 0.29) is 42.6 Å². The first kappa shape index (κ1) is 22.8. The quantitative estimate of drug-likeness (QED) is 0.232. The fourth-order valence-corrected chi connectivity index (χ4v) is 2.63. The lowest BCUT2D eigenvalue weighted by molar-refractivity contribution is -0.138. The highest BCUT2D eigenvalue weighted by Gasteiger charge is 2.33. The van der Waals surface area contributed by atoms with Crippen molar-refractivity contribution < 1.29 is 17.6 Å². The van der Waals surface area contributed by atoms with E-state index in [2.05, 4.69) is 25.8 Å². The van der Waals surface area contributed by atoms with E-state index in [0.717, 1.165) is 12.1 Å². The minimum Gasteiger partial charge on any atom is -0.357 e. The van der Waals surface area contributed by atoms with Gasteiger partial charge in [0.2, 0.25) is 0 Å². The fraction of sp³-hybridized carbons (Fsp3) is 0.278. The van der Waals surface area contributed by atoms with Gasteiger partial charge in [-0.05, 0) is 36.8 Å². The van der Waals surface area contributed by atoms with Gasteiger partial charge in [-0.1, -0.05) is 12.1 Å². The Balaban J connectivity index is 0.00000300. The number of rotatable bonds is 5. The smallest absolute Gasteiger partial charge is 0.357 e. The molecule has 0 saturated carbocycles. The van der Waals surface area contributed by atoms with Crippen LogP contribution in [0.4, 0.5) is 17.6 Å². The molecular formula is C18H19F4IN6. The second-order valence-corrected chi connectivity index (χ2v) is 5.89. The average Bonchev–Trinajstić information content (AvgIpc) is 3.07. The lowest BCUT2D eigenvalue weighted by atomic mass is 10.1. The third kappa shape index (κ3) is 5.78. The summed E-state index contributed by atoms with van der Waals surface area (Å²) in [7, 11) is 0. The van der Waals surface area contributed by atoms with E-state index in [1.807, 2.05) is 31.3 Å². The molecule has 0 atom stereocenters. The van der Waals surface area contributed by atoms with Crippen molar-refractivity contribution in [1.82, 2.24) is 25.2 Å². The number of benzene rings is 1. The highest BCUT2D eigenvalue weighted by molar-refractivity contribution is 14.0. The molecule has 0 saturated heterocycles. The molecule has 0 bridgehead atoms. The minimum atomic E-state index is -4.65. The molecule has 1 aromatic carbocycles. The van der Waals surface area contributed by atoms with Gasteiger partial charge in [-0.2, -0.15) is 13.2 Å².